The molecule has 4 nitrogen and oxygen atoms in total. The summed E-state index contributed by atoms with van der Waals surface area (Å²) in [5, 5.41) is 3.33. The molecule has 0 aliphatic carbocycles. The molecule has 0 saturated carbocycles. The quantitative estimate of drug-likeness (QED) is 0.204. The van der Waals surface area contributed by atoms with Gasteiger partial charge in [0.2, 0.25) is 0 Å². The number of rotatable bonds is 5. The Bertz CT molecular complexity index is 2210. The van der Waals surface area contributed by atoms with Gasteiger partial charge in [0.15, 0.2) is 0 Å². The lowest BCUT2D eigenvalue weighted by molar-refractivity contribution is 0.483. The first-order chi connectivity index (χ1) is 20.8. The van der Waals surface area contributed by atoms with Gasteiger partial charge in [-0.1, -0.05) is 97.1 Å². The van der Waals surface area contributed by atoms with E-state index in [9.17, 15) is 0 Å². The maximum Gasteiger partial charge on any atom is 0.146 e. The molecule has 5 aromatic carbocycles. The molecular formula is C38H25N3O. The Morgan fingerprint density at radius 2 is 1.21 bits per heavy atom. The maximum atomic E-state index is 6.45. The topological polar surface area (TPSA) is 39.4 Å². The molecule has 0 fully saturated rings. The van der Waals surface area contributed by atoms with E-state index in [-0.39, 0.29) is 0 Å². The molecule has 4 heteroatoms. The number of para-hydroxylation sites is 1. The van der Waals surface area contributed by atoms with Crippen molar-refractivity contribution in [3.8, 4) is 45.3 Å². The van der Waals surface area contributed by atoms with Gasteiger partial charge in [0.05, 0.1) is 22.6 Å². The molecule has 3 aromatic heterocycles. The van der Waals surface area contributed by atoms with E-state index >= 15 is 0 Å². The molecule has 0 saturated heterocycles. The van der Waals surface area contributed by atoms with Crippen LogP contribution in [0.1, 0.15) is 0 Å². The Balaban J connectivity index is 1.37. The van der Waals surface area contributed by atoms with Gasteiger partial charge in [-0.15, -0.1) is 0 Å². The van der Waals surface area contributed by atoms with Gasteiger partial charge in [-0.25, -0.2) is 4.98 Å². The zero-order valence-corrected chi connectivity index (χ0v) is 22.7. The molecule has 0 aliphatic rings. The molecule has 0 spiro atoms. The molecule has 8 rings (SSSR count). The van der Waals surface area contributed by atoms with Crippen molar-refractivity contribution >= 4 is 27.3 Å². The second-order valence-electron chi connectivity index (χ2n) is 10.3. The summed E-state index contributed by atoms with van der Waals surface area (Å²) in [6, 6.07) is 49.8. The van der Waals surface area contributed by atoms with Crippen LogP contribution in [0.4, 0.5) is 0 Å². The Kier molecular flexibility index (Phi) is 5.75. The molecule has 0 amide bonds. The molecule has 0 atom stereocenters. The fourth-order valence-corrected chi connectivity index (χ4v) is 5.79. The molecular weight excluding hydrogens is 514 g/mol. The van der Waals surface area contributed by atoms with E-state index in [1.165, 1.54) is 0 Å². The third-order valence-electron chi connectivity index (χ3n) is 7.67. The predicted molar refractivity (Wildman–Crippen MR) is 171 cm³/mol. The van der Waals surface area contributed by atoms with Gasteiger partial charge >= 0.3 is 0 Å². The van der Waals surface area contributed by atoms with E-state index < -0.39 is 0 Å². The normalized spacial score (nSPS) is 11.3. The first kappa shape index (κ1) is 24.1. The van der Waals surface area contributed by atoms with Gasteiger partial charge < -0.3 is 4.74 Å². The zero-order chi connectivity index (χ0) is 27.9. The Morgan fingerprint density at radius 1 is 0.500 bits per heavy atom. The Hall–Kier alpha value is -5.74. The first-order valence-corrected chi connectivity index (χ1v) is 14.0. The minimum atomic E-state index is 0.753. The second kappa shape index (κ2) is 10.0. The highest BCUT2D eigenvalue weighted by atomic mass is 16.5. The molecule has 0 radical (unpaired) electrons. The number of ether oxygens (including phenoxy) is 1. The van der Waals surface area contributed by atoms with E-state index in [1.54, 1.807) is 6.20 Å². The van der Waals surface area contributed by atoms with Gasteiger partial charge in [0.25, 0.3) is 0 Å². The number of fused-ring (bicyclic) bond motifs is 6. The zero-order valence-electron chi connectivity index (χ0n) is 22.7. The molecule has 0 bridgehead atoms. The maximum absolute atomic E-state index is 6.45. The van der Waals surface area contributed by atoms with Crippen LogP contribution < -0.4 is 4.74 Å². The van der Waals surface area contributed by atoms with Gasteiger partial charge in [0.1, 0.15) is 17.1 Å². The average Bonchev–Trinajstić information content (AvgIpc) is 3.48. The highest BCUT2D eigenvalue weighted by molar-refractivity contribution is 6.13. The number of pyridine rings is 2. The molecule has 8 aromatic rings. The second-order valence-corrected chi connectivity index (χ2v) is 10.3. The smallest absolute Gasteiger partial charge is 0.146 e. The minimum Gasteiger partial charge on any atom is -0.457 e. The van der Waals surface area contributed by atoms with E-state index in [0.717, 1.165) is 72.6 Å². The number of aromatic nitrogens is 3. The van der Waals surface area contributed by atoms with Crippen LogP contribution in [0.15, 0.2) is 152 Å². The fourth-order valence-electron chi connectivity index (χ4n) is 5.79. The summed E-state index contributed by atoms with van der Waals surface area (Å²) in [6.07, 6.45) is 1.81. The van der Waals surface area contributed by atoms with Crippen LogP contribution in [0.5, 0.6) is 11.5 Å². The summed E-state index contributed by atoms with van der Waals surface area (Å²) in [7, 11) is 0. The summed E-state index contributed by atoms with van der Waals surface area (Å²) in [5.74, 6) is 1.51. The van der Waals surface area contributed by atoms with Crippen molar-refractivity contribution in [3.63, 3.8) is 0 Å². The van der Waals surface area contributed by atoms with E-state index in [1.807, 2.05) is 54.6 Å². The summed E-state index contributed by atoms with van der Waals surface area (Å²) < 4.78 is 8.76. The molecule has 198 valence electrons. The number of hydrogen-bond donors (Lipinski definition) is 0. The molecule has 0 N–H and O–H groups in total. The van der Waals surface area contributed by atoms with Crippen LogP contribution in [0.2, 0.25) is 0 Å². The summed E-state index contributed by atoms with van der Waals surface area (Å²) in [6.45, 7) is 0. The van der Waals surface area contributed by atoms with Crippen molar-refractivity contribution in [3.05, 3.63) is 152 Å². The van der Waals surface area contributed by atoms with Crippen LogP contribution in [0.25, 0.3) is 61.1 Å². The SMILES string of the molecule is c1ccc(-c2nc3c4cc(Oc5cccc(-c6ccccn6)c5)ccc4c4ccccc4n3c2-c2ccccc2)cc1. The average molecular weight is 540 g/mol. The van der Waals surface area contributed by atoms with E-state index in [0.29, 0.717) is 0 Å². The van der Waals surface area contributed by atoms with Crippen molar-refractivity contribution in [2.24, 2.45) is 0 Å². The molecule has 42 heavy (non-hydrogen) atoms. The van der Waals surface area contributed by atoms with E-state index in [4.69, 9.17) is 9.72 Å². The Morgan fingerprint density at radius 3 is 2.02 bits per heavy atom. The number of imidazole rings is 1. The van der Waals surface area contributed by atoms with Gasteiger partial charge in [-0.2, -0.15) is 0 Å². The first-order valence-electron chi connectivity index (χ1n) is 14.0. The van der Waals surface area contributed by atoms with Crippen molar-refractivity contribution in [2.45, 2.75) is 0 Å². The molecule has 3 heterocycles. The summed E-state index contributed by atoms with van der Waals surface area (Å²) in [4.78, 5) is 9.83. The minimum absolute atomic E-state index is 0.753. The number of hydrogen-bond acceptors (Lipinski definition) is 3. The van der Waals surface area contributed by atoms with Crippen LogP contribution in [0.3, 0.4) is 0 Å². The third kappa shape index (κ3) is 4.09. The standard InChI is InChI=1S/C38H25N3O/c1-3-12-26(13-4-1)36-37(27-14-5-2-6-15-27)41-35-20-8-7-18-32(35)31-22-21-30(25-33(31)38(41)40-36)42-29-17-11-16-28(24-29)34-19-9-10-23-39-34/h1-25H. The summed E-state index contributed by atoms with van der Waals surface area (Å²) in [5.41, 5.74) is 8.16. The lowest BCUT2D eigenvalue weighted by Crippen LogP contribution is -1.95. The van der Waals surface area contributed by atoms with Crippen LogP contribution in [-0.2, 0) is 0 Å². The van der Waals surface area contributed by atoms with Crippen LogP contribution in [-0.4, -0.2) is 14.4 Å². The lowest BCUT2D eigenvalue weighted by Gasteiger charge is -2.13. The predicted octanol–water partition coefficient (Wildman–Crippen LogP) is 9.83. The van der Waals surface area contributed by atoms with Crippen LogP contribution >= 0.6 is 0 Å². The highest BCUT2D eigenvalue weighted by Gasteiger charge is 2.21. The molecule has 0 aliphatic heterocycles. The lowest BCUT2D eigenvalue weighted by atomic mass is 10.0. The highest BCUT2D eigenvalue weighted by Crippen LogP contribution is 2.40. The molecule has 0 unspecified atom stereocenters. The number of nitrogens with zero attached hydrogens (tertiary/aromatic N) is 3. The van der Waals surface area contributed by atoms with Crippen LogP contribution in [0, 0.1) is 0 Å². The van der Waals surface area contributed by atoms with Crippen molar-refractivity contribution in [2.75, 3.05) is 0 Å². The summed E-state index contributed by atoms with van der Waals surface area (Å²) >= 11 is 0. The van der Waals surface area contributed by atoms with Crippen molar-refractivity contribution < 1.29 is 4.74 Å². The van der Waals surface area contributed by atoms with Gasteiger partial charge in [-0.3, -0.25) is 9.38 Å². The Labute approximate surface area is 243 Å². The van der Waals surface area contributed by atoms with Crippen molar-refractivity contribution in [1.82, 2.24) is 14.4 Å². The van der Waals surface area contributed by atoms with Gasteiger partial charge in [-0.05, 0) is 53.9 Å². The number of benzene rings is 5. The largest absolute Gasteiger partial charge is 0.457 e. The van der Waals surface area contributed by atoms with Gasteiger partial charge in [0, 0.05) is 33.7 Å². The van der Waals surface area contributed by atoms with Crippen molar-refractivity contribution in [1.29, 1.82) is 0 Å². The fraction of sp³-hybridized carbons (Fsp3) is 0. The monoisotopic (exact) mass is 539 g/mol. The van der Waals surface area contributed by atoms with E-state index in [2.05, 4.69) is 100 Å². The third-order valence-corrected chi connectivity index (χ3v) is 7.67.